The Morgan fingerprint density at radius 3 is 2.23 bits per heavy atom. The van der Waals surface area contributed by atoms with E-state index in [1.807, 2.05) is 12.0 Å². The second kappa shape index (κ2) is 9.82. The predicted octanol–water partition coefficient (Wildman–Crippen LogP) is 2.03. The molecule has 1 amide bonds. The van der Waals surface area contributed by atoms with Crippen molar-refractivity contribution >= 4 is 5.91 Å². The minimum Gasteiger partial charge on any atom is -0.381 e. The topological polar surface area (TPSA) is 74.9 Å². The molecule has 2 aliphatic carbocycles. The number of ether oxygens (including phenoxy) is 2. The van der Waals surface area contributed by atoms with Crippen molar-refractivity contribution in [1.82, 2.24) is 20.9 Å². The van der Waals surface area contributed by atoms with Gasteiger partial charge in [0, 0.05) is 32.2 Å². The van der Waals surface area contributed by atoms with Crippen LogP contribution in [0.1, 0.15) is 65.2 Å². The van der Waals surface area contributed by atoms with Crippen molar-refractivity contribution in [1.29, 1.82) is 0 Å². The molecule has 3 N–H and O–H groups in total. The van der Waals surface area contributed by atoms with E-state index in [0.717, 1.165) is 50.6 Å². The zero-order chi connectivity index (χ0) is 21.1. The van der Waals surface area contributed by atoms with Gasteiger partial charge < -0.3 is 14.4 Å². The molecular formula is C23H42N4O3. The molecule has 172 valence electrons. The van der Waals surface area contributed by atoms with E-state index in [1.165, 1.54) is 25.7 Å². The number of nitrogens with one attached hydrogen (secondary N) is 3. The lowest BCUT2D eigenvalue weighted by Gasteiger charge is -2.41. The lowest BCUT2D eigenvalue weighted by atomic mass is 9.78. The van der Waals surface area contributed by atoms with Crippen LogP contribution in [0.3, 0.4) is 0 Å². The molecule has 0 bridgehead atoms. The standard InChI is InChI=1S/C23H42N4O3/c1-23(2)14-30-15-27(23)21(28)17-4-8-19(9-5-17)26-22-24-12-18(13-25-22)16-6-10-20(29-3)11-7-16/h16-20,22,24-26H,4-15H2,1-3H3. The summed E-state index contributed by atoms with van der Waals surface area (Å²) >= 11 is 0. The number of rotatable bonds is 5. The fourth-order valence-electron chi connectivity index (χ4n) is 5.89. The Bertz CT molecular complexity index is 563. The van der Waals surface area contributed by atoms with Gasteiger partial charge in [0.25, 0.3) is 0 Å². The highest BCUT2D eigenvalue weighted by atomic mass is 16.5. The Labute approximate surface area is 182 Å². The fourth-order valence-corrected chi connectivity index (χ4v) is 5.89. The first-order chi connectivity index (χ1) is 14.5. The fraction of sp³-hybridized carbons (Fsp3) is 0.957. The first-order valence-electron chi connectivity index (χ1n) is 12.1. The third kappa shape index (κ3) is 5.18. The van der Waals surface area contributed by atoms with Gasteiger partial charge in [-0.2, -0.15) is 0 Å². The van der Waals surface area contributed by atoms with E-state index in [4.69, 9.17) is 9.47 Å². The molecule has 4 rings (SSSR count). The molecule has 0 aromatic heterocycles. The number of carbonyl (C=O) groups excluding carboxylic acids is 1. The molecule has 0 spiro atoms. The van der Waals surface area contributed by atoms with Gasteiger partial charge in [0.15, 0.2) is 0 Å². The van der Waals surface area contributed by atoms with Crippen molar-refractivity contribution in [3.05, 3.63) is 0 Å². The maximum absolute atomic E-state index is 12.9. The first kappa shape index (κ1) is 22.5. The zero-order valence-corrected chi connectivity index (χ0v) is 19.1. The largest absolute Gasteiger partial charge is 0.381 e. The third-order valence-corrected chi connectivity index (χ3v) is 8.04. The molecule has 30 heavy (non-hydrogen) atoms. The van der Waals surface area contributed by atoms with Crippen LogP contribution in [-0.4, -0.2) is 68.3 Å². The summed E-state index contributed by atoms with van der Waals surface area (Å²) in [6.45, 7) is 7.47. The van der Waals surface area contributed by atoms with Crippen molar-refractivity contribution in [3.63, 3.8) is 0 Å². The van der Waals surface area contributed by atoms with Crippen LogP contribution in [0.4, 0.5) is 0 Å². The lowest BCUT2D eigenvalue weighted by Crippen LogP contribution is -2.63. The summed E-state index contributed by atoms with van der Waals surface area (Å²) in [6, 6.07) is 0.482. The third-order valence-electron chi connectivity index (χ3n) is 8.04. The number of amides is 1. The van der Waals surface area contributed by atoms with Gasteiger partial charge >= 0.3 is 0 Å². The second-order valence-corrected chi connectivity index (χ2v) is 10.6. The minimum absolute atomic E-state index is 0.155. The molecular weight excluding hydrogens is 380 g/mol. The summed E-state index contributed by atoms with van der Waals surface area (Å²) in [5, 5.41) is 11.1. The molecule has 2 saturated carbocycles. The van der Waals surface area contributed by atoms with Crippen molar-refractivity contribution in [2.75, 3.05) is 33.5 Å². The molecule has 2 saturated heterocycles. The summed E-state index contributed by atoms with van der Waals surface area (Å²) in [6.07, 6.45) is 9.76. The summed E-state index contributed by atoms with van der Waals surface area (Å²) < 4.78 is 11.1. The Hall–Kier alpha value is -0.730. The summed E-state index contributed by atoms with van der Waals surface area (Å²) in [5.41, 5.74) is -0.165. The Balaban J connectivity index is 1.15. The van der Waals surface area contributed by atoms with Gasteiger partial charge in [0.1, 0.15) is 13.0 Å². The monoisotopic (exact) mass is 422 g/mol. The van der Waals surface area contributed by atoms with Crippen LogP contribution >= 0.6 is 0 Å². The zero-order valence-electron chi connectivity index (χ0n) is 19.1. The van der Waals surface area contributed by atoms with Crippen molar-refractivity contribution in [3.8, 4) is 0 Å². The highest BCUT2D eigenvalue weighted by molar-refractivity contribution is 5.79. The molecule has 0 aromatic rings. The summed E-state index contributed by atoms with van der Waals surface area (Å²) in [4.78, 5) is 14.9. The highest BCUT2D eigenvalue weighted by Crippen LogP contribution is 2.33. The van der Waals surface area contributed by atoms with Gasteiger partial charge in [-0.1, -0.05) is 0 Å². The van der Waals surface area contributed by atoms with Crippen LogP contribution < -0.4 is 16.0 Å². The molecule has 0 atom stereocenters. The van der Waals surface area contributed by atoms with E-state index in [2.05, 4.69) is 29.8 Å². The van der Waals surface area contributed by atoms with Crippen LogP contribution in [0.2, 0.25) is 0 Å². The Morgan fingerprint density at radius 2 is 1.67 bits per heavy atom. The highest BCUT2D eigenvalue weighted by Gasteiger charge is 2.40. The number of carbonyl (C=O) groups is 1. The molecule has 7 heteroatoms. The summed E-state index contributed by atoms with van der Waals surface area (Å²) in [7, 11) is 1.84. The number of hydrogen-bond donors (Lipinski definition) is 3. The van der Waals surface area contributed by atoms with Gasteiger partial charge in [-0.05, 0) is 77.0 Å². The predicted molar refractivity (Wildman–Crippen MR) is 117 cm³/mol. The van der Waals surface area contributed by atoms with Gasteiger partial charge in [-0.25, -0.2) is 0 Å². The minimum atomic E-state index is -0.165. The van der Waals surface area contributed by atoms with E-state index in [1.54, 1.807) is 0 Å². The van der Waals surface area contributed by atoms with Gasteiger partial charge in [-0.3, -0.25) is 20.7 Å². The average Bonchev–Trinajstić information content (AvgIpc) is 3.13. The number of nitrogens with zero attached hydrogens (tertiary/aromatic N) is 1. The van der Waals surface area contributed by atoms with Gasteiger partial charge in [0.2, 0.25) is 5.91 Å². The molecule has 4 aliphatic rings. The van der Waals surface area contributed by atoms with Crippen molar-refractivity contribution in [2.45, 2.75) is 89.2 Å². The smallest absolute Gasteiger partial charge is 0.228 e. The first-order valence-corrected chi connectivity index (χ1v) is 12.1. The van der Waals surface area contributed by atoms with E-state index < -0.39 is 0 Å². The molecule has 7 nitrogen and oxygen atoms in total. The maximum Gasteiger partial charge on any atom is 0.228 e. The molecule has 4 fully saturated rings. The quantitative estimate of drug-likeness (QED) is 0.630. The van der Waals surface area contributed by atoms with E-state index in [-0.39, 0.29) is 23.7 Å². The average molecular weight is 423 g/mol. The Kier molecular flexibility index (Phi) is 7.35. The number of methoxy groups -OCH3 is 1. The molecule has 0 unspecified atom stereocenters. The molecule has 0 aromatic carbocycles. The van der Waals surface area contributed by atoms with E-state index in [9.17, 15) is 4.79 Å². The van der Waals surface area contributed by atoms with Crippen molar-refractivity contribution in [2.24, 2.45) is 17.8 Å². The Morgan fingerprint density at radius 1 is 1.00 bits per heavy atom. The van der Waals surface area contributed by atoms with Crippen LogP contribution in [0, 0.1) is 17.8 Å². The van der Waals surface area contributed by atoms with Gasteiger partial charge in [0.05, 0.1) is 18.2 Å². The molecule has 2 aliphatic heterocycles. The van der Waals surface area contributed by atoms with Crippen LogP contribution in [0.15, 0.2) is 0 Å². The van der Waals surface area contributed by atoms with Crippen LogP contribution in [0.5, 0.6) is 0 Å². The van der Waals surface area contributed by atoms with Crippen LogP contribution in [0.25, 0.3) is 0 Å². The van der Waals surface area contributed by atoms with Crippen LogP contribution in [-0.2, 0) is 14.3 Å². The van der Waals surface area contributed by atoms with E-state index >= 15 is 0 Å². The second-order valence-electron chi connectivity index (χ2n) is 10.6. The molecule has 0 radical (unpaired) electrons. The van der Waals surface area contributed by atoms with Gasteiger partial charge in [-0.15, -0.1) is 0 Å². The SMILES string of the molecule is COC1CCC(C2CNC(NC3CCC(C(=O)N4COCC4(C)C)CC3)NC2)CC1. The summed E-state index contributed by atoms with van der Waals surface area (Å²) in [5.74, 6) is 1.98. The lowest BCUT2D eigenvalue weighted by molar-refractivity contribution is -0.140. The normalized spacial score (nSPS) is 39.8. The van der Waals surface area contributed by atoms with E-state index in [0.29, 0.717) is 25.5 Å². The molecule has 2 heterocycles. The van der Waals surface area contributed by atoms with Crippen molar-refractivity contribution < 1.29 is 14.3 Å². The maximum atomic E-state index is 12.9. The number of hydrogen-bond acceptors (Lipinski definition) is 6.